The molecule has 0 aromatic carbocycles. The van der Waals surface area contributed by atoms with E-state index in [1.807, 2.05) is 4.90 Å². The van der Waals surface area contributed by atoms with Gasteiger partial charge in [-0.2, -0.15) is 0 Å². The SMILES string of the molecule is CC(=O)O[C@H]1CC[C@]2(C)[C@H](CC[C@]3(C)[C@@H]2C(=O)C=C2[C@H]4C[C@@](C)(C(=O)N5CCOCC5)CC[C@]4(C)CC[C@@]23C)C1(C)C. The first kappa shape index (κ1) is 30.3. The molecule has 0 bridgehead atoms. The molecule has 6 nitrogen and oxygen atoms in total. The van der Waals surface area contributed by atoms with Gasteiger partial charge in [-0.1, -0.05) is 54.0 Å². The Morgan fingerprint density at radius 2 is 1.57 bits per heavy atom. The van der Waals surface area contributed by atoms with Crippen LogP contribution in [0.25, 0.3) is 0 Å². The number of allylic oxidation sites excluding steroid dienone is 2. The van der Waals surface area contributed by atoms with Crippen molar-refractivity contribution >= 4 is 17.7 Å². The van der Waals surface area contributed by atoms with Crippen molar-refractivity contribution in [3.8, 4) is 0 Å². The van der Waals surface area contributed by atoms with E-state index in [9.17, 15) is 14.4 Å². The molecule has 1 heterocycles. The van der Waals surface area contributed by atoms with Gasteiger partial charge in [-0.05, 0) is 97.4 Å². The van der Waals surface area contributed by atoms with Gasteiger partial charge >= 0.3 is 5.97 Å². The summed E-state index contributed by atoms with van der Waals surface area (Å²) in [6, 6.07) is 0. The summed E-state index contributed by atoms with van der Waals surface area (Å²) < 4.78 is 11.4. The maximum atomic E-state index is 14.6. The highest BCUT2D eigenvalue weighted by atomic mass is 16.5. The second kappa shape index (κ2) is 9.65. The Kier molecular flexibility index (Phi) is 6.97. The lowest BCUT2D eigenvalue weighted by atomic mass is 9.33. The molecule has 0 N–H and O–H groups in total. The number of hydrogen-bond donors (Lipinski definition) is 0. The number of ketones is 1. The number of nitrogens with zero attached hydrogens (tertiary/aromatic N) is 1. The highest BCUT2D eigenvalue weighted by Gasteiger charge is 2.70. The minimum atomic E-state index is -0.399. The second-order valence-electron chi connectivity index (χ2n) is 17.1. The van der Waals surface area contributed by atoms with E-state index in [2.05, 4.69) is 54.5 Å². The summed E-state index contributed by atoms with van der Waals surface area (Å²) in [5.74, 6) is 0.930. The Balaban J connectivity index is 1.36. The summed E-state index contributed by atoms with van der Waals surface area (Å²) in [4.78, 5) is 42.6. The van der Waals surface area contributed by atoms with E-state index in [1.54, 1.807) is 0 Å². The van der Waals surface area contributed by atoms with Crippen LogP contribution in [0.15, 0.2) is 11.6 Å². The number of rotatable bonds is 2. The molecule has 1 saturated heterocycles. The van der Waals surface area contributed by atoms with Gasteiger partial charge in [0.2, 0.25) is 5.91 Å². The molecule has 1 amide bonds. The van der Waals surface area contributed by atoms with Crippen molar-refractivity contribution in [2.24, 2.45) is 50.2 Å². The predicted octanol–water partition coefficient (Wildman–Crippen LogP) is 6.76. The summed E-state index contributed by atoms with van der Waals surface area (Å²) >= 11 is 0. The average Bonchev–Trinajstić information content (AvgIpc) is 2.92. The number of fused-ring (bicyclic) bond motifs is 7. The van der Waals surface area contributed by atoms with Crippen molar-refractivity contribution in [1.82, 2.24) is 4.90 Å². The molecule has 6 heteroatoms. The van der Waals surface area contributed by atoms with Crippen LogP contribution in [-0.2, 0) is 23.9 Å². The fourth-order valence-corrected chi connectivity index (χ4v) is 11.9. The van der Waals surface area contributed by atoms with Gasteiger partial charge in [0.25, 0.3) is 0 Å². The molecule has 4 saturated carbocycles. The molecule has 0 spiro atoms. The smallest absolute Gasteiger partial charge is 0.302 e. The van der Waals surface area contributed by atoms with Gasteiger partial charge < -0.3 is 14.4 Å². The lowest BCUT2D eigenvalue weighted by molar-refractivity contribution is -0.210. The molecule has 0 aromatic heterocycles. The van der Waals surface area contributed by atoms with Crippen molar-refractivity contribution in [1.29, 1.82) is 0 Å². The minimum Gasteiger partial charge on any atom is -0.462 e. The minimum absolute atomic E-state index is 0.0376. The molecule has 0 unspecified atom stereocenters. The van der Waals surface area contributed by atoms with Gasteiger partial charge in [0.05, 0.1) is 13.2 Å². The Bertz CT molecular complexity index is 1200. The van der Waals surface area contributed by atoms with E-state index in [-0.39, 0.29) is 56.9 Å². The van der Waals surface area contributed by atoms with Crippen LogP contribution in [0.2, 0.25) is 0 Å². The molecule has 5 fully saturated rings. The molecular weight excluding hydrogens is 526 g/mol. The fourth-order valence-electron chi connectivity index (χ4n) is 11.9. The fraction of sp³-hybridized carbons (Fsp3) is 0.861. The van der Waals surface area contributed by atoms with E-state index in [0.717, 1.165) is 57.8 Å². The third-order valence-electron chi connectivity index (χ3n) is 14.6. The van der Waals surface area contributed by atoms with Crippen molar-refractivity contribution in [2.75, 3.05) is 26.3 Å². The van der Waals surface area contributed by atoms with Gasteiger partial charge in [-0.25, -0.2) is 0 Å². The Hall–Kier alpha value is -1.69. The molecule has 1 aliphatic heterocycles. The van der Waals surface area contributed by atoms with Crippen molar-refractivity contribution in [3.63, 3.8) is 0 Å². The first-order valence-electron chi connectivity index (χ1n) is 16.8. The van der Waals surface area contributed by atoms with Crippen LogP contribution >= 0.6 is 0 Å². The van der Waals surface area contributed by atoms with Crippen LogP contribution in [0.5, 0.6) is 0 Å². The molecule has 0 radical (unpaired) electrons. The molecule has 0 aromatic rings. The molecular formula is C36H55NO5. The molecule has 234 valence electrons. The monoisotopic (exact) mass is 581 g/mol. The number of ether oxygens (including phenoxy) is 2. The third-order valence-corrected chi connectivity index (χ3v) is 14.6. The van der Waals surface area contributed by atoms with Gasteiger partial charge in [0.15, 0.2) is 5.78 Å². The van der Waals surface area contributed by atoms with Gasteiger partial charge in [-0.3, -0.25) is 14.4 Å². The molecule has 5 aliphatic carbocycles. The summed E-state index contributed by atoms with van der Waals surface area (Å²) in [5.41, 5.74) is 0.573. The second-order valence-corrected chi connectivity index (χ2v) is 17.1. The Morgan fingerprint density at radius 1 is 0.905 bits per heavy atom. The highest BCUT2D eigenvalue weighted by molar-refractivity contribution is 5.95. The number of carbonyl (C=O) groups is 3. The zero-order valence-electron chi connectivity index (χ0n) is 27.6. The van der Waals surface area contributed by atoms with E-state index in [4.69, 9.17) is 9.47 Å². The number of hydrogen-bond acceptors (Lipinski definition) is 5. The van der Waals surface area contributed by atoms with Gasteiger partial charge in [0, 0.05) is 36.8 Å². The van der Waals surface area contributed by atoms with E-state index >= 15 is 0 Å². The molecule has 6 rings (SSSR count). The molecule has 42 heavy (non-hydrogen) atoms. The van der Waals surface area contributed by atoms with Crippen LogP contribution < -0.4 is 0 Å². The van der Waals surface area contributed by atoms with E-state index < -0.39 is 5.41 Å². The molecule has 9 atom stereocenters. The van der Waals surface area contributed by atoms with E-state index in [1.165, 1.54) is 12.5 Å². The van der Waals surface area contributed by atoms with Gasteiger partial charge in [-0.15, -0.1) is 0 Å². The topological polar surface area (TPSA) is 72.9 Å². The number of carbonyl (C=O) groups excluding carboxylic acids is 3. The van der Waals surface area contributed by atoms with Crippen molar-refractivity contribution in [3.05, 3.63) is 11.6 Å². The molecule has 6 aliphatic rings. The third kappa shape index (κ3) is 4.08. The lowest BCUT2D eigenvalue weighted by Gasteiger charge is -2.70. The summed E-state index contributed by atoms with van der Waals surface area (Å²) in [6.45, 7) is 20.6. The van der Waals surface area contributed by atoms with E-state index in [0.29, 0.717) is 38.0 Å². The Labute approximate surface area is 253 Å². The predicted molar refractivity (Wildman–Crippen MR) is 162 cm³/mol. The maximum absolute atomic E-state index is 14.6. The standard InChI is InChI=1S/C36H55NO5/c1-23(38)42-28-10-11-34(6)27(31(28,2)3)9-12-36(8)29(34)26(39)21-24-25-22-33(5,30(40)37-17-19-41-20-18-37)14-13-32(25,4)15-16-35(24,36)7/h21,25,27-29H,9-20,22H2,1-8H3/t25-,27-,28+,29-,32-,33+,34-,35+,36-/m1/s1. The lowest BCUT2D eigenvalue weighted by Crippen LogP contribution is -2.67. The average molecular weight is 582 g/mol. The van der Waals surface area contributed by atoms with Crippen molar-refractivity contribution < 1.29 is 23.9 Å². The largest absolute Gasteiger partial charge is 0.462 e. The zero-order chi connectivity index (χ0) is 30.5. The normalized spacial score (nSPS) is 48.1. The quantitative estimate of drug-likeness (QED) is 0.337. The van der Waals surface area contributed by atoms with Crippen LogP contribution in [0, 0.1) is 50.2 Å². The first-order valence-corrected chi connectivity index (χ1v) is 16.8. The zero-order valence-corrected chi connectivity index (χ0v) is 27.6. The highest BCUT2D eigenvalue weighted by Crippen LogP contribution is 2.75. The first-order chi connectivity index (χ1) is 19.5. The maximum Gasteiger partial charge on any atom is 0.302 e. The van der Waals surface area contributed by atoms with Crippen LogP contribution in [0.1, 0.15) is 113 Å². The summed E-state index contributed by atoms with van der Waals surface area (Å²) in [5, 5.41) is 0. The van der Waals surface area contributed by atoms with Crippen LogP contribution in [0.4, 0.5) is 0 Å². The number of esters is 1. The number of amides is 1. The summed E-state index contributed by atoms with van der Waals surface area (Å²) in [7, 11) is 0. The van der Waals surface area contributed by atoms with Crippen molar-refractivity contribution in [2.45, 2.75) is 119 Å². The summed E-state index contributed by atoms with van der Waals surface area (Å²) in [6.07, 6.45) is 10.9. The van der Waals surface area contributed by atoms with Crippen LogP contribution in [0.3, 0.4) is 0 Å². The Morgan fingerprint density at radius 3 is 2.24 bits per heavy atom. The number of morpholine rings is 1. The van der Waals surface area contributed by atoms with Crippen LogP contribution in [-0.4, -0.2) is 55.0 Å². The van der Waals surface area contributed by atoms with Gasteiger partial charge in [0.1, 0.15) is 6.10 Å².